The first kappa shape index (κ1) is 15.7. The van der Waals surface area contributed by atoms with Gasteiger partial charge in [-0.2, -0.15) is 4.98 Å². The molecule has 0 aliphatic carbocycles. The van der Waals surface area contributed by atoms with Crippen molar-refractivity contribution in [3.63, 3.8) is 0 Å². The maximum Gasteiger partial charge on any atom is 0.244 e. The van der Waals surface area contributed by atoms with Gasteiger partial charge in [0.1, 0.15) is 6.10 Å². The van der Waals surface area contributed by atoms with E-state index in [2.05, 4.69) is 40.9 Å². The third kappa shape index (κ3) is 3.89. The Bertz CT molecular complexity index is 544. The SMILES string of the molecule is CCOC(c1noc([C@H](N)Cc2cnc[nH]2)n1)C(C)(C)C. The number of imidazole rings is 1. The number of nitrogens with two attached hydrogens (primary N) is 1. The molecule has 2 atom stereocenters. The first-order valence-corrected chi connectivity index (χ1v) is 7.09. The van der Waals surface area contributed by atoms with Crippen molar-refractivity contribution in [2.75, 3.05) is 6.61 Å². The summed E-state index contributed by atoms with van der Waals surface area (Å²) in [7, 11) is 0. The molecule has 2 rings (SSSR count). The summed E-state index contributed by atoms with van der Waals surface area (Å²) in [5.41, 5.74) is 6.91. The number of nitrogens with zero attached hydrogens (tertiary/aromatic N) is 3. The van der Waals surface area contributed by atoms with Crippen LogP contribution in [0.4, 0.5) is 0 Å². The van der Waals surface area contributed by atoms with E-state index >= 15 is 0 Å². The van der Waals surface area contributed by atoms with Crippen molar-refractivity contribution in [2.24, 2.45) is 11.1 Å². The number of rotatable bonds is 6. The highest BCUT2D eigenvalue weighted by Crippen LogP contribution is 2.34. The Labute approximate surface area is 124 Å². The van der Waals surface area contributed by atoms with Gasteiger partial charge in [-0.3, -0.25) is 0 Å². The molecular formula is C14H23N5O2. The number of H-pyrrole nitrogens is 1. The van der Waals surface area contributed by atoms with E-state index < -0.39 is 0 Å². The zero-order valence-electron chi connectivity index (χ0n) is 13.0. The molecule has 7 heteroatoms. The van der Waals surface area contributed by atoms with Crippen molar-refractivity contribution in [1.82, 2.24) is 20.1 Å². The molecule has 0 spiro atoms. The van der Waals surface area contributed by atoms with Crippen molar-refractivity contribution in [1.29, 1.82) is 0 Å². The maximum absolute atomic E-state index is 6.10. The van der Waals surface area contributed by atoms with E-state index in [1.54, 1.807) is 12.5 Å². The second-order valence-corrected chi connectivity index (χ2v) is 6.08. The van der Waals surface area contributed by atoms with Gasteiger partial charge in [0.15, 0.2) is 0 Å². The molecule has 0 bridgehead atoms. The largest absolute Gasteiger partial charge is 0.370 e. The first-order chi connectivity index (χ1) is 9.91. The summed E-state index contributed by atoms with van der Waals surface area (Å²) < 4.78 is 11.0. The molecule has 0 aliphatic heterocycles. The summed E-state index contributed by atoms with van der Waals surface area (Å²) in [4.78, 5) is 11.4. The third-order valence-corrected chi connectivity index (χ3v) is 3.12. The van der Waals surface area contributed by atoms with Crippen LogP contribution in [0.2, 0.25) is 0 Å². The molecule has 0 radical (unpaired) electrons. The zero-order valence-corrected chi connectivity index (χ0v) is 13.0. The van der Waals surface area contributed by atoms with E-state index in [-0.39, 0.29) is 17.6 Å². The van der Waals surface area contributed by atoms with Gasteiger partial charge in [-0.1, -0.05) is 25.9 Å². The van der Waals surface area contributed by atoms with Gasteiger partial charge < -0.3 is 20.0 Å². The summed E-state index contributed by atoms with van der Waals surface area (Å²) in [6.45, 7) is 8.77. The number of aromatic amines is 1. The van der Waals surface area contributed by atoms with E-state index in [1.165, 1.54) is 0 Å². The molecule has 2 heterocycles. The number of aromatic nitrogens is 4. The van der Waals surface area contributed by atoms with Crippen LogP contribution in [-0.4, -0.2) is 26.7 Å². The van der Waals surface area contributed by atoms with Gasteiger partial charge in [-0.25, -0.2) is 4.98 Å². The lowest BCUT2D eigenvalue weighted by atomic mass is 9.88. The highest BCUT2D eigenvalue weighted by atomic mass is 16.5. The van der Waals surface area contributed by atoms with Gasteiger partial charge in [0.25, 0.3) is 0 Å². The van der Waals surface area contributed by atoms with Crippen molar-refractivity contribution in [3.8, 4) is 0 Å². The van der Waals surface area contributed by atoms with Crippen LogP contribution in [0, 0.1) is 5.41 Å². The number of nitrogens with one attached hydrogen (secondary N) is 1. The van der Waals surface area contributed by atoms with Crippen LogP contribution in [0.15, 0.2) is 17.0 Å². The lowest BCUT2D eigenvalue weighted by Crippen LogP contribution is -2.23. The average molecular weight is 293 g/mol. The highest BCUT2D eigenvalue weighted by molar-refractivity contribution is 5.04. The fourth-order valence-electron chi connectivity index (χ4n) is 2.10. The van der Waals surface area contributed by atoms with E-state index in [1.807, 2.05) is 6.92 Å². The molecule has 0 aromatic carbocycles. The normalized spacial score (nSPS) is 15.1. The molecule has 3 N–H and O–H groups in total. The van der Waals surface area contributed by atoms with Crippen LogP contribution in [0.1, 0.15) is 57.2 Å². The van der Waals surface area contributed by atoms with Gasteiger partial charge in [0, 0.05) is 24.9 Å². The van der Waals surface area contributed by atoms with E-state index in [0.29, 0.717) is 24.7 Å². The first-order valence-electron chi connectivity index (χ1n) is 7.09. The molecule has 0 fully saturated rings. The lowest BCUT2D eigenvalue weighted by Gasteiger charge is -2.27. The van der Waals surface area contributed by atoms with Crippen LogP contribution < -0.4 is 5.73 Å². The van der Waals surface area contributed by atoms with Gasteiger partial charge in [-0.15, -0.1) is 0 Å². The quantitative estimate of drug-likeness (QED) is 0.846. The lowest BCUT2D eigenvalue weighted by molar-refractivity contribution is -0.0203. The van der Waals surface area contributed by atoms with E-state index in [9.17, 15) is 0 Å². The zero-order chi connectivity index (χ0) is 15.5. The Morgan fingerprint density at radius 1 is 1.43 bits per heavy atom. The van der Waals surface area contributed by atoms with Crippen LogP contribution in [0.25, 0.3) is 0 Å². The molecule has 0 aliphatic rings. The van der Waals surface area contributed by atoms with Crippen LogP contribution in [0.3, 0.4) is 0 Å². The molecule has 1 unspecified atom stereocenters. The summed E-state index contributed by atoms with van der Waals surface area (Å²) in [6.07, 6.45) is 3.69. The van der Waals surface area contributed by atoms with Crippen LogP contribution in [-0.2, 0) is 11.2 Å². The predicted octanol–water partition coefficient (Wildman–Crippen LogP) is 2.16. The van der Waals surface area contributed by atoms with E-state index in [4.69, 9.17) is 15.0 Å². The minimum atomic E-state index is -0.367. The average Bonchev–Trinajstić information content (AvgIpc) is 3.05. The Balaban J connectivity index is 2.12. The van der Waals surface area contributed by atoms with Gasteiger partial charge in [0.2, 0.25) is 11.7 Å². The summed E-state index contributed by atoms with van der Waals surface area (Å²) in [6, 6.07) is -0.367. The Hall–Kier alpha value is -1.73. The monoisotopic (exact) mass is 293 g/mol. The highest BCUT2D eigenvalue weighted by Gasteiger charge is 2.31. The fourth-order valence-corrected chi connectivity index (χ4v) is 2.10. The topological polar surface area (TPSA) is 103 Å². The maximum atomic E-state index is 6.10. The molecule has 0 saturated carbocycles. The van der Waals surface area contributed by atoms with Crippen molar-refractivity contribution in [2.45, 2.75) is 46.3 Å². The van der Waals surface area contributed by atoms with Gasteiger partial charge >= 0.3 is 0 Å². The minimum Gasteiger partial charge on any atom is -0.370 e. The minimum absolute atomic E-state index is 0.120. The van der Waals surface area contributed by atoms with Crippen molar-refractivity contribution < 1.29 is 9.26 Å². The molecule has 2 aromatic rings. The van der Waals surface area contributed by atoms with Crippen LogP contribution >= 0.6 is 0 Å². The predicted molar refractivity (Wildman–Crippen MR) is 77.3 cm³/mol. The fraction of sp³-hybridized carbons (Fsp3) is 0.643. The summed E-state index contributed by atoms with van der Waals surface area (Å²) in [5, 5.41) is 4.04. The second-order valence-electron chi connectivity index (χ2n) is 6.08. The summed E-state index contributed by atoms with van der Waals surface area (Å²) in [5.74, 6) is 0.952. The Morgan fingerprint density at radius 2 is 2.19 bits per heavy atom. The Kier molecular flexibility index (Phi) is 4.74. The second kappa shape index (κ2) is 6.36. The molecule has 2 aromatic heterocycles. The molecular weight excluding hydrogens is 270 g/mol. The number of hydrogen-bond acceptors (Lipinski definition) is 6. The van der Waals surface area contributed by atoms with Crippen LogP contribution in [0.5, 0.6) is 0 Å². The Morgan fingerprint density at radius 3 is 2.76 bits per heavy atom. The van der Waals surface area contributed by atoms with Gasteiger partial charge in [0.05, 0.1) is 12.4 Å². The molecule has 0 amide bonds. The standard InChI is InChI=1S/C14H23N5O2/c1-5-20-11(14(2,3)4)12-18-13(21-19-12)10(15)6-9-7-16-8-17-9/h7-8,10-11H,5-6,15H2,1-4H3,(H,16,17)/t10-,11?/m1/s1. The molecule has 116 valence electrons. The molecule has 7 nitrogen and oxygen atoms in total. The summed E-state index contributed by atoms with van der Waals surface area (Å²) >= 11 is 0. The third-order valence-electron chi connectivity index (χ3n) is 3.12. The van der Waals surface area contributed by atoms with Gasteiger partial charge in [-0.05, 0) is 12.3 Å². The smallest absolute Gasteiger partial charge is 0.244 e. The van der Waals surface area contributed by atoms with Crippen molar-refractivity contribution >= 4 is 0 Å². The molecule has 0 saturated heterocycles. The number of hydrogen-bond donors (Lipinski definition) is 2. The molecule has 21 heavy (non-hydrogen) atoms. The number of ether oxygens (including phenoxy) is 1. The van der Waals surface area contributed by atoms with E-state index in [0.717, 1.165) is 5.69 Å². The van der Waals surface area contributed by atoms with Crippen molar-refractivity contribution in [3.05, 3.63) is 29.9 Å².